The van der Waals surface area contributed by atoms with Crippen LogP contribution in [0.4, 0.5) is 0 Å². The second-order valence-electron chi connectivity index (χ2n) is 6.22. The molecule has 4 heteroatoms. The van der Waals surface area contributed by atoms with Crippen molar-refractivity contribution >= 4 is 0 Å². The Morgan fingerprint density at radius 3 is 2.81 bits per heavy atom. The molecule has 21 heavy (non-hydrogen) atoms. The van der Waals surface area contributed by atoms with Crippen LogP contribution in [0.3, 0.4) is 0 Å². The van der Waals surface area contributed by atoms with Gasteiger partial charge in [-0.2, -0.15) is 0 Å². The van der Waals surface area contributed by atoms with Crippen LogP contribution in [0.1, 0.15) is 49.9 Å². The SMILES string of the molecule is Cc1ccc(O)c(CNCCCN(C)C2CCCCC2)n1. The quantitative estimate of drug-likeness (QED) is 0.758. The van der Waals surface area contributed by atoms with Crippen molar-refractivity contribution in [2.75, 3.05) is 20.1 Å². The van der Waals surface area contributed by atoms with Crippen molar-refractivity contribution in [1.82, 2.24) is 15.2 Å². The summed E-state index contributed by atoms with van der Waals surface area (Å²) in [5.74, 6) is 0.285. The molecule has 0 aromatic carbocycles. The molecular weight excluding hydrogens is 262 g/mol. The summed E-state index contributed by atoms with van der Waals surface area (Å²) in [7, 11) is 2.25. The zero-order valence-corrected chi connectivity index (χ0v) is 13.4. The Labute approximate surface area is 128 Å². The van der Waals surface area contributed by atoms with Gasteiger partial charge < -0.3 is 15.3 Å². The molecule has 1 aliphatic rings. The predicted octanol–water partition coefficient (Wildman–Crippen LogP) is 2.84. The van der Waals surface area contributed by atoms with E-state index in [0.29, 0.717) is 6.54 Å². The second-order valence-corrected chi connectivity index (χ2v) is 6.22. The highest BCUT2D eigenvalue weighted by molar-refractivity contribution is 5.27. The summed E-state index contributed by atoms with van der Waals surface area (Å²) in [5.41, 5.74) is 1.69. The molecule has 0 saturated heterocycles. The lowest BCUT2D eigenvalue weighted by Crippen LogP contribution is -2.35. The van der Waals surface area contributed by atoms with Crippen LogP contribution >= 0.6 is 0 Å². The van der Waals surface area contributed by atoms with Gasteiger partial charge >= 0.3 is 0 Å². The Hall–Kier alpha value is -1.13. The zero-order valence-electron chi connectivity index (χ0n) is 13.4. The lowest BCUT2D eigenvalue weighted by atomic mass is 9.94. The first-order valence-corrected chi connectivity index (χ1v) is 8.23. The molecule has 1 fully saturated rings. The second kappa shape index (κ2) is 8.35. The van der Waals surface area contributed by atoms with E-state index in [4.69, 9.17) is 0 Å². The van der Waals surface area contributed by atoms with E-state index in [1.165, 1.54) is 32.1 Å². The molecule has 0 amide bonds. The van der Waals surface area contributed by atoms with E-state index in [2.05, 4.69) is 22.2 Å². The normalized spacial score (nSPS) is 16.5. The fourth-order valence-electron chi connectivity index (χ4n) is 3.10. The van der Waals surface area contributed by atoms with E-state index in [9.17, 15) is 5.11 Å². The summed E-state index contributed by atoms with van der Waals surface area (Å²) in [4.78, 5) is 6.87. The maximum atomic E-state index is 9.74. The molecular formula is C17H29N3O. The first-order chi connectivity index (χ1) is 10.2. The molecule has 2 N–H and O–H groups in total. The molecule has 1 heterocycles. The van der Waals surface area contributed by atoms with Gasteiger partial charge in [0.25, 0.3) is 0 Å². The number of rotatable bonds is 7. The largest absolute Gasteiger partial charge is 0.506 e. The lowest BCUT2D eigenvalue weighted by molar-refractivity contribution is 0.189. The van der Waals surface area contributed by atoms with Gasteiger partial charge in [0, 0.05) is 18.3 Å². The van der Waals surface area contributed by atoms with Crippen LogP contribution < -0.4 is 5.32 Å². The predicted molar refractivity (Wildman–Crippen MR) is 86.5 cm³/mol. The number of aromatic nitrogens is 1. The van der Waals surface area contributed by atoms with Crippen molar-refractivity contribution in [3.63, 3.8) is 0 Å². The van der Waals surface area contributed by atoms with Crippen LogP contribution in [0, 0.1) is 6.92 Å². The number of hydrogen-bond donors (Lipinski definition) is 2. The third kappa shape index (κ3) is 5.29. The molecule has 4 nitrogen and oxygen atoms in total. The maximum Gasteiger partial charge on any atom is 0.138 e. The van der Waals surface area contributed by atoms with Gasteiger partial charge in [-0.15, -0.1) is 0 Å². The Morgan fingerprint density at radius 1 is 1.29 bits per heavy atom. The molecule has 1 aromatic rings. The number of nitrogens with zero attached hydrogens (tertiary/aromatic N) is 2. The van der Waals surface area contributed by atoms with Crippen molar-refractivity contribution in [1.29, 1.82) is 0 Å². The van der Waals surface area contributed by atoms with Crippen molar-refractivity contribution in [2.24, 2.45) is 0 Å². The standard InChI is InChI=1S/C17H29N3O/c1-14-9-10-17(21)16(19-14)13-18-11-6-12-20(2)15-7-4-3-5-8-15/h9-10,15,18,21H,3-8,11-13H2,1-2H3. The van der Waals surface area contributed by atoms with Gasteiger partial charge in [0.1, 0.15) is 5.75 Å². The van der Waals surface area contributed by atoms with Crippen LogP contribution in [0.2, 0.25) is 0 Å². The van der Waals surface area contributed by atoms with E-state index in [-0.39, 0.29) is 5.75 Å². The van der Waals surface area contributed by atoms with E-state index < -0.39 is 0 Å². The van der Waals surface area contributed by atoms with Gasteiger partial charge in [0.2, 0.25) is 0 Å². The molecule has 0 atom stereocenters. The van der Waals surface area contributed by atoms with Gasteiger partial charge in [-0.1, -0.05) is 19.3 Å². The van der Waals surface area contributed by atoms with Gasteiger partial charge in [0.15, 0.2) is 0 Å². The summed E-state index contributed by atoms with van der Waals surface area (Å²) < 4.78 is 0. The lowest BCUT2D eigenvalue weighted by Gasteiger charge is -2.31. The van der Waals surface area contributed by atoms with Crippen molar-refractivity contribution < 1.29 is 5.11 Å². The molecule has 2 rings (SSSR count). The van der Waals surface area contributed by atoms with Crippen molar-refractivity contribution in [3.05, 3.63) is 23.5 Å². The summed E-state index contributed by atoms with van der Waals surface area (Å²) in [6.45, 7) is 4.69. The summed E-state index contributed by atoms with van der Waals surface area (Å²) in [6.07, 6.45) is 8.08. The highest BCUT2D eigenvalue weighted by Gasteiger charge is 2.17. The van der Waals surface area contributed by atoms with Crippen molar-refractivity contribution in [2.45, 2.75) is 58.0 Å². The molecule has 1 saturated carbocycles. The van der Waals surface area contributed by atoms with Gasteiger partial charge in [-0.05, 0) is 58.5 Å². The first kappa shape index (κ1) is 16.2. The van der Waals surface area contributed by atoms with Gasteiger partial charge in [-0.3, -0.25) is 4.98 Å². The third-order valence-electron chi connectivity index (χ3n) is 4.44. The zero-order chi connectivity index (χ0) is 15.1. The van der Waals surface area contributed by atoms with E-state index >= 15 is 0 Å². The van der Waals surface area contributed by atoms with Crippen LogP contribution in [0.15, 0.2) is 12.1 Å². The number of hydrogen-bond acceptors (Lipinski definition) is 4. The minimum absolute atomic E-state index is 0.285. The van der Waals surface area contributed by atoms with Crippen molar-refractivity contribution in [3.8, 4) is 5.75 Å². The maximum absolute atomic E-state index is 9.74. The molecule has 0 bridgehead atoms. The highest BCUT2D eigenvalue weighted by atomic mass is 16.3. The Balaban J connectivity index is 1.62. The van der Waals surface area contributed by atoms with Gasteiger partial charge in [0.05, 0.1) is 5.69 Å². The summed E-state index contributed by atoms with van der Waals surface area (Å²) >= 11 is 0. The highest BCUT2D eigenvalue weighted by Crippen LogP contribution is 2.21. The molecule has 0 radical (unpaired) electrons. The number of pyridine rings is 1. The molecule has 0 unspecified atom stereocenters. The molecule has 1 aliphatic carbocycles. The molecule has 118 valence electrons. The molecule has 0 aliphatic heterocycles. The summed E-state index contributed by atoms with van der Waals surface area (Å²) in [6, 6.07) is 4.34. The number of aromatic hydroxyl groups is 1. The monoisotopic (exact) mass is 291 g/mol. The average Bonchev–Trinajstić information content (AvgIpc) is 2.51. The van der Waals surface area contributed by atoms with Gasteiger partial charge in [-0.25, -0.2) is 0 Å². The Morgan fingerprint density at radius 2 is 2.05 bits per heavy atom. The third-order valence-corrected chi connectivity index (χ3v) is 4.44. The van der Waals surface area contributed by atoms with E-state index in [1.807, 2.05) is 13.0 Å². The molecule has 1 aromatic heterocycles. The van der Waals surface area contributed by atoms with Crippen LogP contribution in [0.25, 0.3) is 0 Å². The van der Waals surface area contributed by atoms with Crippen LogP contribution in [-0.2, 0) is 6.54 Å². The fraction of sp³-hybridized carbons (Fsp3) is 0.706. The molecule has 0 spiro atoms. The fourth-order valence-corrected chi connectivity index (χ4v) is 3.10. The summed E-state index contributed by atoms with van der Waals surface area (Å²) in [5, 5.41) is 13.1. The Bertz CT molecular complexity index is 430. The van der Waals surface area contributed by atoms with Crippen LogP contribution in [-0.4, -0.2) is 41.2 Å². The number of nitrogens with one attached hydrogen (secondary N) is 1. The smallest absolute Gasteiger partial charge is 0.138 e. The van der Waals surface area contributed by atoms with E-state index in [1.54, 1.807) is 6.07 Å². The minimum atomic E-state index is 0.285. The minimum Gasteiger partial charge on any atom is -0.506 e. The Kier molecular flexibility index (Phi) is 6.46. The van der Waals surface area contributed by atoms with E-state index in [0.717, 1.165) is 36.9 Å². The number of aryl methyl sites for hydroxylation is 1. The first-order valence-electron chi connectivity index (χ1n) is 8.23. The average molecular weight is 291 g/mol. The van der Waals surface area contributed by atoms with Crippen LogP contribution in [0.5, 0.6) is 5.75 Å². The topological polar surface area (TPSA) is 48.4 Å².